The van der Waals surface area contributed by atoms with Crippen molar-refractivity contribution < 1.29 is 0 Å². The van der Waals surface area contributed by atoms with Gasteiger partial charge in [0.15, 0.2) is 0 Å². The zero-order valence-electron chi connectivity index (χ0n) is 12.1. The van der Waals surface area contributed by atoms with E-state index in [2.05, 4.69) is 22.9 Å². The van der Waals surface area contributed by atoms with Gasteiger partial charge in [-0.05, 0) is 44.4 Å². The molecule has 0 radical (unpaired) electrons. The van der Waals surface area contributed by atoms with Crippen molar-refractivity contribution in [3.63, 3.8) is 0 Å². The lowest BCUT2D eigenvalue weighted by Crippen LogP contribution is -2.37. The van der Waals surface area contributed by atoms with Crippen molar-refractivity contribution in [2.24, 2.45) is 5.73 Å². The van der Waals surface area contributed by atoms with Crippen LogP contribution in [-0.2, 0) is 0 Å². The number of nitrogens with two attached hydrogens (primary N) is 1. The van der Waals surface area contributed by atoms with Gasteiger partial charge in [0.25, 0.3) is 0 Å². The van der Waals surface area contributed by atoms with E-state index in [1.54, 1.807) is 0 Å². The molecule has 1 aromatic rings. The van der Waals surface area contributed by atoms with Gasteiger partial charge in [-0.1, -0.05) is 25.7 Å². The number of pyridine rings is 1. The Balaban J connectivity index is 2.16. The molecule has 0 aliphatic heterocycles. The van der Waals surface area contributed by atoms with E-state index in [9.17, 15) is 0 Å². The highest BCUT2D eigenvalue weighted by Crippen LogP contribution is 2.28. The third-order valence-electron chi connectivity index (χ3n) is 4.17. The van der Waals surface area contributed by atoms with Crippen LogP contribution in [0.1, 0.15) is 50.5 Å². The Morgan fingerprint density at radius 3 is 2.63 bits per heavy atom. The van der Waals surface area contributed by atoms with E-state index < -0.39 is 0 Å². The Morgan fingerprint density at radius 1 is 1.26 bits per heavy atom. The molecule has 0 unspecified atom stereocenters. The number of nitrogens with zero attached hydrogens (tertiary/aromatic N) is 2. The zero-order valence-corrected chi connectivity index (χ0v) is 12.1. The summed E-state index contributed by atoms with van der Waals surface area (Å²) in [5.41, 5.74) is 8.35. The molecule has 0 atom stereocenters. The van der Waals surface area contributed by atoms with Gasteiger partial charge in [0.2, 0.25) is 0 Å². The van der Waals surface area contributed by atoms with Crippen molar-refractivity contribution >= 4 is 5.69 Å². The molecule has 1 heterocycles. The fraction of sp³-hybridized carbons (Fsp3) is 0.688. The van der Waals surface area contributed by atoms with E-state index in [1.807, 2.05) is 12.4 Å². The van der Waals surface area contributed by atoms with Gasteiger partial charge in [0.05, 0.1) is 0 Å². The van der Waals surface area contributed by atoms with E-state index in [0.717, 1.165) is 19.5 Å². The molecule has 1 saturated carbocycles. The van der Waals surface area contributed by atoms with Crippen molar-refractivity contribution in [3.8, 4) is 0 Å². The summed E-state index contributed by atoms with van der Waals surface area (Å²) in [6.45, 7) is 4.01. The highest BCUT2D eigenvalue weighted by Gasteiger charge is 2.21. The van der Waals surface area contributed by atoms with Crippen LogP contribution in [0.15, 0.2) is 18.5 Å². The van der Waals surface area contributed by atoms with Crippen LogP contribution >= 0.6 is 0 Å². The highest BCUT2D eigenvalue weighted by molar-refractivity contribution is 5.52. The first-order valence-electron chi connectivity index (χ1n) is 7.70. The first kappa shape index (κ1) is 14.3. The van der Waals surface area contributed by atoms with Crippen LogP contribution in [0.5, 0.6) is 0 Å². The van der Waals surface area contributed by atoms with Gasteiger partial charge in [-0.2, -0.15) is 0 Å². The molecule has 3 heteroatoms. The maximum atomic E-state index is 5.71. The van der Waals surface area contributed by atoms with Crippen LogP contribution in [0.3, 0.4) is 0 Å². The molecule has 1 aliphatic carbocycles. The lowest BCUT2D eigenvalue weighted by molar-refractivity contribution is 0.518. The summed E-state index contributed by atoms with van der Waals surface area (Å²) in [4.78, 5) is 6.81. The second-order valence-electron chi connectivity index (χ2n) is 5.64. The standard InChI is InChI=1S/C16H27N3/c1-14-13-18-11-9-16(14)19(12-6-10-17)15-7-4-2-3-5-8-15/h9,11,13,15H,2-8,10,12,17H2,1H3. The van der Waals surface area contributed by atoms with Gasteiger partial charge in [-0.3, -0.25) is 4.98 Å². The van der Waals surface area contributed by atoms with Crippen LogP contribution < -0.4 is 10.6 Å². The number of aromatic nitrogens is 1. The number of rotatable bonds is 5. The molecule has 1 aromatic heterocycles. The molecule has 0 saturated heterocycles. The number of anilines is 1. The van der Waals surface area contributed by atoms with Gasteiger partial charge >= 0.3 is 0 Å². The van der Waals surface area contributed by atoms with Crippen molar-refractivity contribution in [3.05, 3.63) is 24.0 Å². The van der Waals surface area contributed by atoms with E-state index in [0.29, 0.717) is 6.04 Å². The number of aryl methyl sites for hydroxylation is 1. The second-order valence-corrected chi connectivity index (χ2v) is 5.64. The average molecular weight is 261 g/mol. The van der Waals surface area contributed by atoms with Crippen LogP contribution in [0, 0.1) is 6.92 Å². The van der Waals surface area contributed by atoms with Gasteiger partial charge < -0.3 is 10.6 Å². The van der Waals surface area contributed by atoms with Gasteiger partial charge in [0.1, 0.15) is 0 Å². The largest absolute Gasteiger partial charge is 0.368 e. The molecule has 0 spiro atoms. The predicted molar refractivity (Wildman–Crippen MR) is 81.5 cm³/mol. The monoisotopic (exact) mass is 261 g/mol. The quantitative estimate of drug-likeness (QED) is 0.827. The third kappa shape index (κ3) is 3.93. The first-order chi connectivity index (χ1) is 9.33. The Kier molecular flexibility index (Phi) is 5.64. The summed E-state index contributed by atoms with van der Waals surface area (Å²) in [5.74, 6) is 0. The molecule has 106 valence electrons. The minimum Gasteiger partial charge on any atom is -0.368 e. The molecule has 19 heavy (non-hydrogen) atoms. The summed E-state index contributed by atoms with van der Waals surface area (Å²) in [6.07, 6.45) is 13.1. The summed E-state index contributed by atoms with van der Waals surface area (Å²) >= 11 is 0. The van der Waals surface area contributed by atoms with Crippen LogP contribution in [0.25, 0.3) is 0 Å². The lowest BCUT2D eigenvalue weighted by Gasteiger charge is -2.34. The molecular weight excluding hydrogens is 234 g/mol. The van der Waals surface area contributed by atoms with Crippen LogP contribution in [0.2, 0.25) is 0 Å². The van der Waals surface area contributed by atoms with Crippen molar-refractivity contribution in [1.29, 1.82) is 0 Å². The van der Waals surface area contributed by atoms with E-state index in [1.165, 1.54) is 49.8 Å². The summed E-state index contributed by atoms with van der Waals surface area (Å²) < 4.78 is 0. The zero-order chi connectivity index (χ0) is 13.5. The molecule has 2 rings (SSSR count). The SMILES string of the molecule is Cc1cnccc1N(CCCN)C1CCCCCC1. The summed E-state index contributed by atoms with van der Waals surface area (Å²) in [7, 11) is 0. The lowest BCUT2D eigenvalue weighted by atomic mass is 10.0. The molecule has 0 bridgehead atoms. The Bertz CT molecular complexity index is 370. The van der Waals surface area contributed by atoms with Crippen molar-refractivity contribution in [2.45, 2.75) is 57.9 Å². The highest BCUT2D eigenvalue weighted by atomic mass is 15.2. The van der Waals surface area contributed by atoms with Crippen LogP contribution in [0.4, 0.5) is 5.69 Å². The summed E-state index contributed by atoms with van der Waals surface area (Å²) in [6, 6.07) is 2.85. The minimum absolute atomic E-state index is 0.690. The molecule has 2 N–H and O–H groups in total. The van der Waals surface area contributed by atoms with E-state index >= 15 is 0 Å². The molecular formula is C16H27N3. The topological polar surface area (TPSA) is 42.2 Å². The van der Waals surface area contributed by atoms with Gasteiger partial charge in [-0.15, -0.1) is 0 Å². The van der Waals surface area contributed by atoms with E-state index in [-0.39, 0.29) is 0 Å². The molecule has 0 aromatic carbocycles. The fourth-order valence-corrected chi connectivity index (χ4v) is 3.12. The van der Waals surface area contributed by atoms with Crippen molar-refractivity contribution in [1.82, 2.24) is 4.98 Å². The van der Waals surface area contributed by atoms with Crippen LogP contribution in [-0.4, -0.2) is 24.1 Å². The predicted octanol–water partition coefficient (Wildman–Crippen LogP) is 3.27. The first-order valence-corrected chi connectivity index (χ1v) is 7.70. The molecule has 0 amide bonds. The Hall–Kier alpha value is -1.09. The van der Waals surface area contributed by atoms with Gasteiger partial charge in [-0.25, -0.2) is 0 Å². The Labute approximate surface area is 117 Å². The van der Waals surface area contributed by atoms with Crippen molar-refractivity contribution in [2.75, 3.05) is 18.0 Å². The van der Waals surface area contributed by atoms with Gasteiger partial charge in [0, 0.05) is 30.7 Å². The average Bonchev–Trinajstić information content (AvgIpc) is 2.70. The maximum Gasteiger partial charge on any atom is 0.0429 e. The molecule has 1 aliphatic rings. The summed E-state index contributed by atoms with van der Waals surface area (Å²) in [5, 5.41) is 0. The smallest absolute Gasteiger partial charge is 0.0429 e. The fourth-order valence-electron chi connectivity index (χ4n) is 3.12. The Morgan fingerprint density at radius 2 is 2.00 bits per heavy atom. The molecule has 3 nitrogen and oxygen atoms in total. The maximum absolute atomic E-state index is 5.71. The normalized spacial score (nSPS) is 17.2. The molecule has 1 fully saturated rings. The third-order valence-corrected chi connectivity index (χ3v) is 4.17. The van der Waals surface area contributed by atoms with E-state index in [4.69, 9.17) is 5.73 Å². The minimum atomic E-state index is 0.690. The number of hydrogen-bond acceptors (Lipinski definition) is 3. The number of hydrogen-bond donors (Lipinski definition) is 1. The second kappa shape index (κ2) is 7.49.